The van der Waals surface area contributed by atoms with Gasteiger partial charge in [-0.2, -0.15) is 0 Å². The first-order valence-corrected chi connectivity index (χ1v) is 12.6. The third-order valence-electron chi connectivity index (χ3n) is 7.27. The van der Waals surface area contributed by atoms with Crippen molar-refractivity contribution in [2.45, 2.75) is 50.6 Å². The Labute approximate surface area is 201 Å². The predicted molar refractivity (Wildman–Crippen MR) is 137 cm³/mol. The van der Waals surface area contributed by atoms with E-state index < -0.39 is 0 Å². The average Bonchev–Trinajstić information content (AvgIpc) is 3.55. The van der Waals surface area contributed by atoms with Crippen LogP contribution in [0.3, 0.4) is 0 Å². The molecule has 6 nitrogen and oxygen atoms in total. The third-order valence-corrected chi connectivity index (χ3v) is 7.27. The molecule has 1 aromatic heterocycles. The summed E-state index contributed by atoms with van der Waals surface area (Å²) >= 11 is 0. The van der Waals surface area contributed by atoms with Crippen molar-refractivity contribution in [2.75, 3.05) is 22.9 Å². The van der Waals surface area contributed by atoms with Crippen molar-refractivity contribution in [3.8, 4) is 0 Å². The summed E-state index contributed by atoms with van der Waals surface area (Å²) in [5, 5.41) is 9.59. The van der Waals surface area contributed by atoms with Gasteiger partial charge in [-0.15, -0.1) is 0 Å². The van der Waals surface area contributed by atoms with E-state index in [1.165, 1.54) is 37.1 Å². The first-order chi connectivity index (χ1) is 16.9. The molecular formula is C28H31N6+. The molecule has 0 radical (unpaired) electrons. The Hall–Kier alpha value is -3.54. The van der Waals surface area contributed by atoms with Crippen LogP contribution in [-0.4, -0.2) is 40.7 Å². The fourth-order valence-electron chi connectivity index (χ4n) is 5.67. The molecular weight excluding hydrogens is 420 g/mol. The van der Waals surface area contributed by atoms with Crippen molar-refractivity contribution >= 4 is 28.8 Å². The van der Waals surface area contributed by atoms with E-state index in [-0.39, 0.29) is 0 Å². The van der Waals surface area contributed by atoms with Crippen LogP contribution in [0.25, 0.3) is 0 Å². The lowest BCUT2D eigenvalue weighted by Gasteiger charge is -2.28. The molecule has 1 saturated heterocycles. The first kappa shape index (κ1) is 21.0. The Morgan fingerprint density at radius 3 is 2.24 bits per heavy atom. The molecule has 6 rings (SSSR count). The number of rotatable bonds is 4. The standard InChI is InChI=1S/C28H31N6/c1-3-11-23(12-4-1)33-25-15-7-8-16-26(25)34(24-13-5-2-6-14-24)28(33)31-30-22-17-18-27(29-21-22)32-19-9-10-20-32/h1-6,11-14,17-18,21,25-26H,7-10,15-16,19-20H2/q+1. The highest BCUT2D eigenvalue weighted by atomic mass is 15.4. The molecule has 0 bridgehead atoms. The van der Waals surface area contributed by atoms with E-state index in [1.807, 2.05) is 12.3 Å². The Kier molecular flexibility index (Phi) is 5.79. The normalized spacial score (nSPS) is 22.6. The molecule has 2 aliphatic heterocycles. The van der Waals surface area contributed by atoms with Gasteiger partial charge in [0.15, 0.2) is 0 Å². The molecule has 172 valence electrons. The van der Waals surface area contributed by atoms with Crippen LogP contribution in [0.2, 0.25) is 0 Å². The number of hydrogen-bond donors (Lipinski definition) is 0. The number of hydrogen-bond acceptors (Lipinski definition) is 5. The van der Waals surface area contributed by atoms with Gasteiger partial charge in [0.2, 0.25) is 0 Å². The summed E-state index contributed by atoms with van der Waals surface area (Å²) in [7, 11) is 0. The molecule has 2 unspecified atom stereocenters. The van der Waals surface area contributed by atoms with Crippen LogP contribution >= 0.6 is 0 Å². The van der Waals surface area contributed by atoms with E-state index in [1.54, 1.807) is 0 Å². The van der Waals surface area contributed by atoms with Gasteiger partial charge in [0.05, 0.1) is 6.20 Å². The third kappa shape index (κ3) is 3.98. The number of para-hydroxylation sites is 2. The fraction of sp³-hybridized carbons (Fsp3) is 0.357. The molecule has 2 fully saturated rings. The van der Waals surface area contributed by atoms with Gasteiger partial charge < -0.3 is 4.90 Å². The number of anilines is 2. The molecule has 1 saturated carbocycles. The van der Waals surface area contributed by atoms with Crippen molar-refractivity contribution in [3.05, 3.63) is 79.0 Å². The maximum Gasteiger partial charge on any atom is 0.422 e. The molecule has 0 N–H and O–H groups in total. The van der Waals surface area contributed by atoms with Gasteiger partial charge in [0, 0.05) is 18.2 Å². The summed E-state index contributed by atoms with van der Waals surface area (Å²) in [5.74, 6) is 1.94. The second-order valence-corrected chi connectivity index (χ2v) is 9.40. The van der Waals surface area contributed by atoms with E-state index in [0.29, 0.717) is 12.1 Å². The molecule has 2 atom stereocenters. The summed E-state index contributed by atoms with van der Waals surface area (Å²) in [6.45, 7) is 2.18. The average molecular weight is 452 g/mol. The second kappa shape index (κ2) is 9.37. The first-order valence-electron chi connectivity index (χ1n) is 12.6. The minimum atomic E-state index is 0.390. The molecule has 0 amide bonds. The van der Waals surface area contributed by atoms with Gasteiger partial charge in [-0.3, -0.25) is 0 Å². The van der Waals surface area contributed by atoms with Crippen LogP contribution in [0.1, 0.15) is 38.5 Å². The lowest BCUT2D eigenvalue weighted by Crippen LogP contribution is -2.41. The minimum Gasteiger partial charge on any atom is -0.357 e. The van der Waals surface area contributed by atoms with Crippen LogP contribution in [0, 0.1) is 0 Å². The molecule has 3 heterocycles. The zero-order valence-electron chi connectivity index (χ0n) is 19.5. The van der Waals surface area contributed by atoms with Gasteiger partial charge in [-0.25, -0.2) is 14.5 Å². The second-order valence-electron chi connectivity index (χ2n) is 9.40. The lowest BCUT2D eigenvalue weighted by molar-refractivity contribution is -0.482. The van der Waals surface area contributed by atoms with E-state index in [9.17, 15) is 0 Å². The van der Waals surface area contributed by atoms with Crippen LogP contribution < -0.4 is 9.80 Å². The van der Waals surface area contributed by atoms with Crippen LogP contribution in [0.5, 0.6) is 0 Å². The lowest BCUT2D eigenvalue weighted by atomic mass is 9.89. The van der Waals surface area contributed by atoms with Gasteiger partial charge >= 0.3 is 5.96 Å². The number of azo groups is 1. The molecule has 3 aliphatic rings. The summed E-state index contributed by atoms with van der Waals surface area (Å²) in [6, 6.07) is 26.2. The zero-order chi connectivity index (χ0) is 22.7. The molecule has 1 aliphatic carbocycles. The number of guanidine groups is 1. The smallest absolute Gasteiger partial charge is 0.357 e. The van der Waals surface area contributed by atoms with Crippen molar-refractivity contribution in [1.82, 2.24) is 4.98 Å². The summed E-state index contributed by atoms with van der Waals surface area (Å²) in [4.78, 5) is 9.42. The summed E-state index contributed by atoms with van der Waals surface area (Å²) < 4.78 is 2.41. The Morgan fingerprint density at radius 2 is 1.50 bits per heavy atom. The maximum absolute atomic E-state index is 4.90. The van der Waals surface area contributed by atoms with Gasteiger partial charge in [-0.05, 0) is 74.9 Å². The van der Waals surface area contributed by atoms with E-state index in [0.717, 1.165) is 43.4 Å². The molecule has 3 aromatic rings. The highest BCUT2D eigenvalue weighted by Gasteiger charge is 2.49. The zero-order valence-corrected chi connectivity index (χ0v) is 19.5. The molecule has 2 aromatic carbocycles. The van der Waals surface area contributed by atoms with E-state index >= 15 is 0 Å². The maximum atomic E-state index is 4.90. The monoisotopic (exact) mass is 451 g/mol. The molecule has 34 heavy (non-hydrogen) atoms. The van der Waals surface area contributed by atoms with Crippen LogP contribution in [0.4, 0.5) is 22.9 Å². The Bertz CT molecular complexity index is 1170. The summed E-state index contributed by atoms with van der Waals surface area (Å²) in [6.07, 6.45) is 9.16. The highest BCUT2D eigenvalue weighted by molar-refractivity contribution is 5.95. The van der Waals surface area contributed by atoms with Crippen LogP contribution in [0.15, 0.2) is 89.2 Å². The molecule has 0 spiro atoms. The largest absolute Gasteiger partial charge is 0.422 e. The Morgan fingerprint density at radius 1 is 0.765 bits per heavy atom. The van der Waals surface area contributed by atoms with Gasteiger partial charge in [-0.1, -0.05) is 41.5 Å². The van der Waals surface area contributed by atoms with Crippen molar-refractivity contribution in [3.63, 3.8) is 0 Å². The highest BCUT2D eigenvalue weighted by Crippen LogP contribution is 2.38. The SMILES string of the molecule is c1ccc(N2C(N=Nc3ccc(N4CCCC4)nc3)=[N+](c3ccccc3)C3CCCCC32)cc1. The van der Waals surface area contributed by atoms with Crippen LogP contribution in [-0.2, 0) is 0 Å². The minimum absolute atomic E-state index is 0.390. The number of aromatic nitrogens is 1. The van der Waals surface area contributed by atoms with Crippen molar-refractivity contribution < 1.29 is 4.58 Å². The fourth-order valence-corrected chi connectivity index (χ4v) is 5.67. The molecule has 6 heteroatoms. The Balaban J connectivity index is 1.41. The number of benzene rings is 2. The summed E-state index contributed by atoms with van der Waals surface area (Å²) in [5.41, 5.74) is 3.13. The topological polar surface area (TPSA) is 47.1 Å². The van der Waals surface area contributed by atoms with E-state index in [2.05, 4.69) is 91.2 Å². The van der Waals surface area contributed by atoms with E-state index in [4.69, 9.17) is 5.11 Å². The predicted octanol–water partition coefficient (Wildman–Crippen LogP) is 6.30. The van der Waals surface area contributed by atoms with Gasteiger partial charge in [0.1, 0.15) is 35.0 Å². The quantitative estimate of drug-likeness (QED) is 0.346. The number of nitrogens with zero attached hydrogens (tertiary/aromatic N) is 6. The van der Waals surface area contributed by atoms with Crippen molar-refractivity contribution in [1.29, 1.82) is 0 Å². The number of fused-ring (bicyclic) bond motifs is 1. The number of pyridine rings is 1. The van der Waals surface area contributed by atoms with Crippen molar-refractivity contribution in [2.24, 2.45) is 10.2 Å². The van der Waals surface area contributed by atoms with Gasteiger partial charge in [0.25, 0.3) is 0 Å².